The predicted molar refractivity (Wildman–Crippen MR) is 183 cm³/mol. The quantitative estimate of drug-likeness (QED) is 0.292. The molecule has 0 bridgehead atoms. The van der Waals surface area contributed by atoms with Crippen molar-refractivity contribution < 1.29 is 24.2 Å². The summed E-state index contributed by atoms with van der Waals surface area (Å²) in [5, 5.41) is 15.9. The molecule has 2 aromatic heterocycles. The molecule has 3 aliphatic rings. The summed E-state index contributed by atoms with van der Waals surface area (Å²) in [4.78, 5) is 35.8. The summed E-state index contributed by atoms with van der Waals surface area (Å²) in [6.07, 6.45) is 10.6. The fourth-order valence-corrected chi connectivity index (χ4v) is 6.86. The molecule has 1 N–H and O–H groups in total. The smallest absolute Gasteiger partial charge is 0.410 e. The first kappa shape index (κ1) is 34.7. The molecule has 1 atom stereocenters. The third-order valence-electron chi connectivity index (χ3n) is 9.29. The summed E-state index contributed by atoms with van der Waals surface area (Å²) >= 11 is 0. The second-order valence-corrected chi connectivity index (χ2v) is 13.8. The molecule has 0 radical (unpaired) electrons. The van der Waals surface area contributed by atoms with Crippen LogP contribution in [0, 0.1) is 5.92 Å². The van der Waals surface area contributed by atoms with Crippen molar-refractivity contribution in [1.82, 2.24) is 24.6 Å². The summed E-state index contributed by atoms with van der Waals surface area (Å²) in [6.45, 7) is 11.9. The minimum Gasteiger partial charge on any atom is -0.508 e. The number of carbonyl (C=O) groups is 2. The Morgan fingerprint density at radius 1 is 0.936 bits per heavy atom. The Hall–Kier alpha value is -3.66. The molecule has 256 valence electrons. The van der Waals surface area contributed by atoms with Crippen LogP contribution in [-0.4, -0.2) is 80.1 Å². The maximum absolute atomic E-state index is 14.5. The molecule has 6 rings (SSSR count). The highest BCUT2D eigenvalue weighted by atomic mass is 16.6. The summed E-state index contributed by atoms with van der Waals surface area (Å²) in [5.41, 5.74) is 3.03. The predicted octanol–water partition coefficient (Wildman–Crippen LogP) is 7.74. The molecular weight excluding hydrogens is 594 g/mol. The second-order valence-electron chi connectivity index (χ2n) is 13.8. The van der Waals surface area contributed by atoms with Gasteiger partial charge in [-0.2, -0.15) is 5.10 Å². The van der Waals surface area contributed by atoms with E-state index in [-0.39, 0.29) is 24.0 Å². The number of aromatic nitrogens is 3. The summed E-state index contributed by atoms with van der Waals surface area (Å²) < 4.78 is 13.7. The van der Waals surface area contributed by atoms with Gasteiger partial charge >= 0.3 is 6.09 Å². The topological polar surface area (TPSA) is 110 Å². The number of hydrogen-bond donors (Lipinski definition) is 1. The molecule has 47 heavy (non-hydrogen) atoms. The van der Waals surface area contributed by atoms with Gasteiger partial charge in [0.15, 0.2) is 11.9 Å². The van der Waals surface area contributed by atoms with Gasteiger partial charge in [0.2, 0.25) is 0 Å². The van der Waals surface area contributed by atoms with Crippen molar-refractivity contribution in [3.63, 3.8) is 0 Å². The Morgan fingerprint density at radius 2 is 1.60 bits per heavy atom. The van der Waals surface area contributed by atoms with E-state index < -0.39 is 5.60 Å². The van der Waals surface area contributed by atoms with Crippen LogP contribution in [0.5, 0.6) is 5.75 Å². The molecule has 0 spiro atoms. The normalized spacial score (nSPS) is 19.3. The van der Waals surface area contributed by atoms with Crippen molar-refractivity contribution in [3.8, 4) is 17.0 Å². The van der Waals surface area contributed by atoms with Crippen LogP contribution >= 0.6 is 0 Å². The zero-order valence-corrected chi connectivity index (χ0v) is 29.0. The van der Waals surface area contributed by atoms with E-state index in [4.69, 9.17) is 19.6 Å². The number of pyridine rings is 1. The second kappa shape index (κ2) is 15.5. The Kier molecular flexibility index (Phi) is 11.4. The van der Waals surface area contributed by atoms with Gasteiger partial charge < -0.3 is 24.4 Å². The highest BCUT2D eigenvalue weighted by molar-refractivity contribution is 6.07. The first-order valence-corrected chi connectivity index (χ1v) is 17.8. The molecule has 1 aromatic carbocycles. The first-order valence-electron chi connectivity index (χ1n) is 17.8. The van der Waals surface area contributed by atoms with E-state index in [0.717, 1.165) is 48.7 Å². The lowest BCUT2D eigenvalue weighted by molar-refractivity contribution is -0.0372. The van der Waals surface area contributed by atoms with Crippen molar-refractivity contribution in [2.45, 2.75) is 111 Å². The minimum absolute atomic E-state index is 0.0886. The molecule has 3 fully saturated rings. The van der Waals surface area contributed by atoms with Crippen LogP contribution in [0.25, 0.3) is 22.3 Å². The van der Waals surface area contributed by atoms with Gasteiger partial charge in [-0.05, 0) is 89.1 Å². The lowest BCUT2D eigenvalue weighted by atomic mass is 9.85. The van der Waals surface area contributed by atoms with Gasteiger partial charge in [0.1, 0.15) is 11.4 Å². The Bertz CT molecular complexity index is 1490. The van der Waals surface area contributed by atoms with Crippen molar-refractivity contribution in [2.24, 2.45) is 5.92 Å². The zero-order chi connectivity index (χ0) is 33.6. The zero-order valence-electron chi connectivity index (χ0n) is 29.0. The van der Waals surface area contributed by atoms with E-state index in [2.05, 4.69) is 0 Å². The maximum atomic E-state index is 14.5. The number of piperazine rings is 1. The van der Waals surface area contributed by atoms with E-state index in [1.165, 1.54) is 32.1 Å². The van der Waals surface area contributed by atoms with Gasteiger partial charge in [0.25, 0.3) is 5.91 Å². The third kappa shape index (κ3) is 8.44. The van der Waals surface area contributed by atoms with Crippen LogP contribution in [0.15, 0.2) is 30.3 Å². The summed E-state index contributed by atoms with van der Waals surface area (Å²) in [7, 11) is 0. The molecule has 4 heterocycles. The van der Waals surface area contributed by atoms with Crippen LogP contribution in [0.3, 0.4) is 0 Å². The molecule has 2 aliphatic heterocycles. The van der Waals surface area contributed by atoms with E-state index in [1.54, 1.807) is 17.0 Å². The largest absolute Gasteiger partial charge is 0.508 e. The van der Waals surface area contributed by atoms with E-state index in [9.17, 15) is 14.7 Å². The Labute approximate surface area is 279 Å². The highest BCUT2D eigenvalue weighted by Crippen LogP contribution is 2.35. The van der Waals surface area contributed by atoms with Gasteiger partial charge in [-0.3, -0.25) is 4.79 Å². The van der Waals surface area contributed by atoms with Crippen molar-refractivity contribution in [1.29, 1.82) is 0 Å². The number of benzene rings is 1. The number of nitrogens with zero attached hydrogens (tertiary/aromatic N) is 5. The number of rotatable bonds is 6. The van der Waals surface area contributed by atoms with Crippen molar-refractivity contribution in [2.75, 3.05) is 32.8 Å². The number of ether oxygens (including phenoxy) is 2. The highest BCUT2D eigenvalue weighted by Gasteiger charge is 2.32. The van der Waals surface area contributed by atoms with Gasteiger partial charge in [-0.25, -0.2) is 14.5 Å². The molecule has 2 amide bonds. The maximum Gasteiger partial charge on any atom is 0.410 e. The molecule has 2 saturated heterocycles. The SMILES string of the molecule is CC.CC(C)(C)OC(=O)N1CCN(C(=O)c2cc(-c3ccc(O)cc3)nc3c2c(CCC2CCCCC2)nn3C2CCCCO2)CC1. The van der Waals surface area contributed by atoms with E-state index in [1.807, 2.05) is 62.4 Å². The van der Waals surface area contributed by atoms with Crippen molar-refractivity contribution >= 4 is 23.0 Å². The van der Waals surface area contributed by atoms with Crippen LogP contribution in [0.4, 0.5) is 4.79 Å². The summed E-state index contributed by atoms with van der Waals surface area (Å²) in [5.74, 6) is 0.758. The average Bonchev–Trinajstić information content (AvgIpc) is 3.46. The fourth-order valence-electron chi connectivity index (χ4n) is 6.86. The molecule has 3 aromatic rings. The third-order valence-corrected chi connectivity index (χ3v) is 9.29. The number of carbonyl (C=O) groups excluding carboxylic acids is 2. The molecular formula is C37H53N5O5. The lowest BCUT2D eigenvalue weighted by Crippen LogP contribution is -2.51. The Morgan fingerprint density at radius 3 is 2.23 bits per heavy atom. The first-order chi connectivity index (χ1) is 22.7. The number of hydrogen-bond acceptors (Lipinski definition) is 7. The standard InChI is InChI=1S/C35H47N5O5.C2H6/c1-35(2,3)45-34(43)39-20-18-38(19-21-39)33(42)27-23-29(25-13-15-26(41)16-14-25)36-32-31(27)28(17-12-24-9-5-4-6-10-24)37-40(32)30-11-7-8-22-44-30;1-2/h13-16,23-24,30,41H,4-12,17-22H2,1-3H3;1-2H3. The Balaban J connectivity index is 0.00000213. The van der Waals surface area contributed by atoms with Crippen LogP contribution in [-0.2, 0) is 15.9 Å². The molecule has 10 nitrogen and oxygen atoms in total. The van der Waals surface area contributed by atoms with Crippen molar-refractivity contribution in [3.05, 3.63) is 41.6 Å². The van der Waals surface area contributed by atoms with Gasteiger partial charge in [0, 0.05) is 38.3 Å². The monoisotopic (exact) mass is 647 g/mol. The molecule has 10 heteroatoms. The van der Waals surface area contributed by atoms with Crippen LogP contribution in [0.1, 0.15) is 115 Å². The molecule has 1 unspecified atom stereocenters. The van der Waals surface area contributed by atoms with Gasteiger partial charge in [0.05, 0.1) is 22.3 Å². The fraction of sp³-hybridized carbons (Fsp3) is 0.622. The number of phenols is 1. The average molecular weight is 648 g/mol. The van der Waals surface area contributed by atoms with Crippen LogP contribution in [0.2, 0.25) is 0 Å². The number of aromatic hydroxyl groups is 1. The van der Waals surface area contributed by atoms with Crippen LogP contribution < -0.4 is 0 Å². The van der Waals surface area contributed by atoms with Gasteiger partial charge in [-0.1, -0.05) is 46.0 Å². The number of fused-ring (bicyclic) bond motifs is 1. The minimum atomic E-state index is -0.576. The molecule has 1 saturated carbocycles. The number of amides is 2. The van der Waals surface area contributed by atoms with Gasteiger partial charge in [-0.15, -0.1) is 0 Å². The number of aryl methyl sites for hydroxylation is 1. The lowest BCUT2D eigenvalue weighted by Gasteiger charge is -2.35. The van der Waals surface area contributed by atoms with E-state index >= 15 is 0 Å². The summed E-state index contributed by atoms with van der Waals surface area (Å²) in [6, 6.07) is 8.79. The number of phenolic OH excluding ortho intramolecular Hbond substituents is 1. The molecule has 1 aliphatic carbocycles. The van der Waals surface area contributed by atoms with E-state index in [0.29, 0.717) is 55.6 Å².